The summed E-state index contributed by atoms with van der Waals surface area (Å²) in [5.74, 6) is 0.220. The highest BCUT2D eigenvalue weighted by atomic mass is 19.4. The first-order valence-electron chi connectivity index (χ1n) is 13.7. The molecule has 0 spiro atoms. The average Bonchev–Trinajstić information content (AvgIpc) is 3.62. The highest BCUT2D eigenvalue weighted by Gasteiger charge is 2.47. The van der Waals surface area contributed by atoms with Gasteiger partial charge < -0.3 is 19.9 Å². The molecule has 2 aromatic carbocycles. The van der Waals surface area contributed by atoms with Crippen molar-refractivity contribution in [2.45, 2.75) is 58.5 Å². The van der Waals surface area contributed by atoms with Crippen LogP contribution in [0.25, 0.3) is 11.1 Å². The van der Waals surface area contributed by atoms with Crippen molar-refractivity contribution in [1.82, 2.24) is 25.7 Å². The third-order valence-electron chi connectivity index (χ3n) is 7.35. The lowest BCUT2D eigenvalue weighted by atomic mass is 9.87. The lowest BCUT2D eigenvalue weighted by Gasteiger charge is -2.31. The number of halogens is 3. The van der Waals surface area contributed by atoms with Crippen molar-refractivity contribution in [1.29, 1.82) is 0 Å². The van der Waals surface area contributed by atoms with Gasteiger partial charge in [-0.1, -0.05) is 36.3 Å². The molecule has 218 valence electrons. The number of aromatic nitrogens is 2. The van der Waals surface area contributed by atoms with Crippen molar-refractivity contribution in [2.24, 2.45) is 5.92 Å². The van der Waals surface area contributed by atoms with Gasteiger partial charge in [-0.05, 0) is 66.1 Å². The molecular weight excluding hydrogens is 539 g/mol. The summed E-state index contributed by atoms with van der Waals surface area (Å²) in [5, 5.41) is 9.72. The Morgan fingerprint density at radius 3 is 2.73 bits per heavy atom. The van der Waals surface area contributed by atoms with Crippen molar-refractivity contribution < 1.29 is 32.0 Å². The molecule has 1 saturated carbocycles. The third-order valence-corrected chi connectivity index (χ3v) is 7.35. The van der Waals surface area contributed by atoms with Crippen LogP contribution in [0.5, 0.6) is 5.75 Å². The van der Waals surface area contributed by atoms with E-state index in [0.717, 1.165) is 28.7 Å². The SMILES string of the molecule is CCCNC(=O)CN1CCc2c(-c3cccc(OC(F)(F)F)c3)ccc(CNC(=O)C3CC3c3nc(C)no3)c2C1. The predicted octanol–water partition coefficient (Wildman–Crippen LogP) is 4.25. The second-order valence-electron chi connectivity index (χ2n) is 10.5. The van der Waals surface area contributed by atoms with E-state index in [2.05, 4.69) is 25.5 Å². The van der Waals surface area contributed by atoms with Crippen LogP contribution in [0.3, 0.4) is 0 Å². The van der Waals surface area contributed by atoms with Crippen molar-refractivity contribution in [2.75, 3.05) is 19.6 Å². The molecule has 1 fully saturated rings. The molecule has 2 aliphatic rings. The zero-order valence-corrected chi connectivity index (χ0v) is 22.9. The van der Waals surface area contributed by atoms with Crippen LogP contribution in [-0.4, -0.2) is 52.9 Å². The van der Waals surface area contributed by atoms with Crippen LogP contribution in [0.1, 0.15) is 54.1 Å². The quantitative estimate of drug-likeness (QED) is 0.375. The molecule has 2 atom stereocenters. The Balaban J connectivity index is 1.36. The molecule has 2 heterocycles. The van der Waals surface area contributed by atoms with Gasteiger partial charge in [0.25, 0.3) is 0 Å². The van der Waals surface area contributed by atoms with Gasteiger partial charge in [-0.15, -0.1) is 13.2 Å². The van der Waals surface area contributed by atoms with Crippen molar-refractivity contribution >= 4 is 11.8 Å². The van der Waals surface area contributed by atoms with E-state index in [9.17, 15) is 22.8 Å². The summed E-state index contributed by atoms with van der Waals surface area (Å²) in [5.41, 5.74) is 4.23. The molecule has 0 bridgehead atoms. The molecule has 1 aliphatic heterocycles. The maximum Gasteiger partial charge on any atom is 0.573 e. The van der Waals surface area contributed by atoms with Crippen LogP contribution in [-0.2, 0) is 29.1 Å². The normalized spacial score (nSPS) is 18.5. The molecule has 2 amide bonds. The van der Waals surface area contributed by atoms with E-state index in [1.54, 1.807) is 13.0 Å². The number of hydrogen-bond acceptors (Lipinski definition) is 7. The molecule has 5 rings (SSSR count). The minimum Gasteiger partial charge on any atom is -0.406 e. The monoisotopic (exact) mass is 571 g/mol. The summed E-state index contributed by atoms with van der Waals surface area (Å²) in [6.45, 7) is 5.92. The van der Waals surface area contributed by atoms with Crippen LogP contribution in [0.2, 0.25) is 0 Å². The Kier molecular flexibility index (Phi) is 8.30. The molecule has 0 radical (unpaired) electrons. The van der Waals surface area contributed by atoms with E-state index in [1.807, 2.05) is 24.0 Å². The first-order chi connectivity index (χ1) is 19.6. The van der Waals surface area contributed by atoms with Gasteiger partial charge in [-0.25, -0.2) is 0 Å². The fraction of sp³-hybridized carbons (Fsp3) is 0.448. The molecule has 2 N–H and O–H groups in total. The topological polar surface area (TPSA) is 110 Å². The van der Waals surface area contributed by atoms with E-state index >= 15 is 0 Å². The number of amides is 2. The Morgan fingerprint density at radius 2 is 2.00 bits per heavy atom. The van der Waals surface area contributed by atoms with Crippen LogP contribution < -0.4 is 15.4 Å². The van der Waals surface area contributed by atoms with E-state index in [4.69, 9.17) is 4.52 Å². The number of nitrogens with zero attached hydrogens (tertiary/aromatic N) is 3. The van der Waals surface area contributed by atoms with Crippen molar-refractivity contribution in [3.8, 4) is 16.9 Å². The molecule has 41 heavy (non-hydrogen) atoms. The molecule has 2 unspecified atom stereocenters. The predicted molar refractivity (Wildman–Crippen MR) is 143 cm³/mol. The van der Waals surface area contributed by atoms with Gasteiger partial charge in [-0.3, -0.25) is 14.5 Å². The van der Waals surface area contributed by atoms with Gasteiger partial charge in [0.15, 0.2) is 5.82 Å². The summed E-state index contributed by atoms with van der Waals surface area (Å²) >= 11 is 0. The summed E-state index contributed by atoms with van der Waals surface area (Å²) in [6.07, 6.45) is -2.71. The van der Waals surface area contributed by atoms with E-state index in [-0.39, 0.29) is 42.5 Å². The Morgan fingerprint density at radius 1 is 1.17 bits per heavy atom. The summed E-state index contributed by atoms with van der Waals surface area (Å²) in [4.78, 5) is 31.6. The number of carbonyl (C=O) groups is 2. The van der Waals surface area contributed by atoms with E-state index in [1.165, 1.54) is 18.2 Å². The number of carbonyl (C=O) groups excluding carboxylic acids is 2. The summed E-state index contributed by atoms with van der Waals surface area (Å²) < 4.78 is 47.9. The number of aryl methyl sites for hydroxylation is 1. The molecule has 0 saturated heterocycles. The number of nitrogens with one attached hydrogen (secondary N) is 2. The molecule has 3 aromatic rings. The van der Waals surface area contributed by atoms with Gasteiger partial charge in [0, 0.05) is 26.2 Å². The number of rotatable bonds is 10. The van der Waals surface area contributed by atoms with Gasteiger partial charge in [-0.2, -0.15) is 4.98 Å². The largest absolute Gasteiger partial charge is 0.573 e. The molecule has 12 heteroatoms. The molecular formula is C29H32F3N5O4. The number of benzene rings is 2. The zero-order valence-electron chi connectivity index (χ0n) is 22.9. The Hall–Kier alpha value is -3.93. The van der Waals surface area contributed by atoms with Crippen LogP contribution in [0.15, 0.2) is 40.9 Å². The number of alkyl halides is 3. The second kappa shape index (κ2) is 11.9. The smallest absolute Gasteiger partial charge is 0.406 e. The van der Waals surface area contributed by atoms with E-state index < -0.39 is 6.36 Å². The van der Waals surface area contributed by atoms with Crippen LogP contribution in [0.4, 0.5) is 13.2 Å². The Bertz CT molecular complexity index is 1420. The van der Waals surface area contributed by atoms with Crippen LogP contribution in [0, 0.1) is 12.8 Å². The standard InChI is InChI=1S/C29H32F3N5O4/c1-3-10-33-26(38)16-37-11-9-22-21(18-5-4-6-20(12-18)40-29(30,31)32)8-7-19(25(22)15-37)14-34-27(39)23-13-24(23)28-35-17(2)36-41-28/h4-8,12,23-24H,3,9-11,13-16H2,1-2H3,(H,33,38)(H,34,39). The minimum atomic E-state index is -4.79. The molecule has 1 aliphatic carbocycles. The first-order valence-corrected chi connectivity index (χ1v) is 13.7. The molecule has 9 nitrogen and oxygen atoms in total. The Labute approximate surface area is 235 Å². The highest BCUT2D eigenvalue weighted by Crippen LogP contribution is 2.47. The summed E-state index contributed by atoms with van der Waals surface area (Å²) in [7, 11) is 0. The van der Waals surface area contributed by atoms with Gasteiger partial charge >= 0.3 is 6.36 Å². The fourth-order valence-corrected chi connectivity index (χ4v) is 5.29. The van der Waals surface area contributed by atoms with Gasteiger partial charge in [0.2, 0.25) is 17.7 Å². The van der Waals surface area contributed by atoms with Gasteiger partial charge in [0.05, 0.1) is 18.4 Å². The number of fused-ring (bicyclic) bond motifs is 1. The zero-order chi connectivity index (χ0) is 29.1. The molecule has 1 aromatic heterocycles. The third kappa shape index (κ3) is 7.05. The lowest BCUT2D eigenvalue weighted by Crippen LogP contribution is -2.40. The first kappa shape index (κ1) is 28.6. The van der Waals surface area contributed by atoms with Gasteiger partial charge in [0.1, 0.15) is 5.75 Å². The second-order valence-corrected chi connectivity index (χ2v) is 10.5. The number of hydrogen-bond donors (Lipinski definition) is 2. The van der Waals surface area contributed by atoms with Crippen molar-refractivity contribution in [3.63, 3.8) is 0 Å². The maximum atomic E-state index is 12.9. The average molecular weight is 572 g/mol. The van der Waals surface area contributed by atoms with Crippen LogP contribution >= 0.6 is 0 Å². The fourth-order valence-electron chi connectivity index (χ4n) is 5.29. The minimum absolute atomic E-state index is 0.0608. The summed E-state index contributed by atoms with van der Waals surface area (Å²) in [6, 6.07) is 9.68. The van der Waals surface area contributed by atoms with E-state index in [0.29, 0.717) is 49.8 Å². The van der Waals surface area contributed by atoms with Crippen molar-refractivity contribution in [3.05, 3.63) is 64.8 Å². The number of ether oxygens (including phenoxy) is 1. The maximum absolute atomic E-state index is 12.9. The highest BCUT2D eigenvalue weighted by molar-refractivity contribution is 5.82. The lowest BCUT2D eigenvalue weighted by molar-refractivity contribution is -0.274.